The maximum atomic E-state index is 11.8. The number of carbonyl (C=O) groups excluding carboxylic acids is 1. The number of nitrogens with zero attached hydrogens (tertiary/aromatic N) is 2. The van der Waals surface area contributed by atoms with Crippen LogP contribution in [0, 0.1) is 6.92 Å². The summed E-state index contributed by atoms with van der Waals surface area (Å²) in [6.07, 6.45) is 0.450. The van der Waals surface area contributed by atoms with E-state index in [0.29, 0.717) is 35.5 Å². The molecule has 26 heavy (non-hydrogen) atoms. The molecular weight excluding hydrogens is 354 g/mol. The zero-order chi connectivity index (χ0) is 18.4. The van der Waals surface area contributed by atoms with Gasteiger partial charge in [0.1, 0.15) is 5.75 Å². The molecule has 134 valence electrons. The lowest BCUT2D eigenvalue weighted by Gasteiger charge is -2.06. The van der Waals surface area contributed by atoms with Gasteiger partial charge in [-0.1, -0.05) is 40.5 Å². The van der Waals surface area contributed by atoms with Gasteiger partial charge in [0.2, 0.25) is 11.7 Å². The first-order chi connectivity index (χ1) is 12.6. The number of hydrogen-bond donors (Lipinski definition) is 1. The summed E-state index contributed by atoms with van der Waals surface area (Å²) in [6.45, 7) is 2.32. The van der Waals surface area contributed by atoms with Gasteiger partial charge in [0, 0.05) is 23.6 Å². The van der Waals surface area contributed by atoms with Crippen molar-refractivity contribution in [3.8, 4) is 17.1 Å². The molecule has 0 unspecified atom stereocenters. The predicted molar refractivity (Wildman–Crippen MR) is 98.1 cm³/mol. The van der Waals surface area contributed by atoms with Crippen LogP contribution in [0.3, 0.4) is 0 Å². The predicted octanol–water partition coefficient (Wildman–Crippen LogP) is 3.44. The first-order valence-electron chi connectivity index (χ1n) is 8.15. The lowest BCUT2D eigenvalue weighted by molar-refractivity contribution is -0.123. The Bertz CT molecular complexity index is 878. The van der Waals surface area contributed by atoms with Crippen molar-refractivity contribution in [1.29, 1.82) is 0 Å². The van der Waals surface area contributed by atoms with E-state index >= 15 is 0 Å². The van der Waals surface area contributed by atoms with Gasteiger partial charge in [0.05, 0.1) is 0 Å². The van der Waals surface area contributed by atoms with Crippen molar-refractivity contribution in [2.75, 3.05) is 13.2 Å². The largest absolute Gasteiger partial charge is 0.484 e. The van der Waals surface area contributed by atoms with Gasteiger partial charge in [-0.3, -0.25) is 4.79 Å². The Balaban J connectivity index is 1.43. The molecule has 3 rings (SSSR count). The smallest absolute Gasteiger partial charge is 0.257 e. The molecule has 1 heterocycles. The van der Waals surface area contributed by atoms with E-state index in [1.807, 2.05) is 31.2 Å². The summed E-state index contributed by atoms with van der Waals surface area (Å²) in [6, 6.07) is 14.7. The molecule has 6 nitrogen and oxygen atoms in total. The number of carbonyl (C=O) groups is 1. The number of nitrogens with one attached hydrogen (secondary N) is 1. The van der Waals surface area contributed by atoms with Crippen LogP contribution in [0.2, 0.25) is 5.02 Å². The fraction of sp³-hybridized carbons (Fsp3) is 0.211. The highest BCUT2D eigenvalue weighted by Crippen LogP contribution is 2.17. The number of amides is 1. The third kappa shape index (κ3) is 5.07. The molecule has 0 radical (unpaired) electrons. The van der Waals surface area contributed by atoms with Crippen LogP contribution in [0.4, 0.5) is 0 Å². The summed E-state index contributed by atoms with van der Waals surface area (Å²) < 4.78 is 10.6. The molecule has 1 amide bonds. The fourth-order valence-electron chi connectivity index (χ4n) is 2.30. The zero-order valence-electron chi connectivity index (χ0n) is 14.2. The number of halogens is 1. The third-order valence-electron chi connectivity index (χ3n) is 3.59. The summed E-state index contributed by atoms with van der Waals surface area (Å²) in [4.78, 5) is 16.2. The normalized spacial score (nSPS) is 10.5. The lowest BCUT2D eigenvalue weighted by atomic mass is 10.1. The van der Waals surface area contributed by atoms with Crippen molar-refractivity contribution in [2.45, 2.75) is 13.3 Å². The van der Waals surface area contributed by atoms with Crippen LogP contribution >= 0.6 is 11.6 Å². The lowest BCUT2D eigenvalue weighted by Crippen LogP contribution is -2.30. The Hall–Kier alpha value is -2.86. The van der Waals surface area contributed by atoms with E-state index < -0.39 is 0 Å². The maximum Gasteiger partial charge on any atom is 0.257 e. The molecule has 1 aromatic heterocycles. The third-order valence-corrected chi connectivity index (χ3v) is 3.84. The summed E-state index contributed by atoms with van der Waals surface area (Å²) in [7, 11) is 0. The fourth-order valence-corrected chi connectivity index (χ4v) is 2.42. The number of aryl methyl sites for hydroxylation is 1. The number of benzene rings is 2. The van der Waals surface area contributed by atoms with Crippen LogP contribution < -0.4 is 10.1 Å². The van der Waals surface area contributed by atoms with Crippen LogP contribution in [0.5, 0.6) is 5.75 Å². The topological polar surface area (TPSA) is 77.2 Å². The Morgan fingerprint density at radius 1 is 1.23 bits per heavy atom. The molecule has 0 bridgehead atoms. The molecule has 2 aromatic carbocycles. The molecule has 0 atom stereocenters. The minimum Gasteiger partial charge on any atom is -0.484 e. The van der Waals surface area contributed by atoms with Gasteiger partial charge in [-0.15, -0.1) is 0 Å². The van der Waals surface area contributed by atoms with Crippen LogP contribution in [0.15, 0.2) is 53.1 Å². The molecular formula is C19H18ClN3O3. The van der Waals surface area contributed by atoms with Crippen LogP contribution in [-0.4, -0.2) is 29.2 Å². The minimum atomic E-state index is -0.224. The Labute approximate surface area is 156 Å². The Kier molecular flexibility index (Phi) is 5.86. The van der Waals surface area contributed by atoms with Gasteiger partial charge in [-0.25, -0.2) is 0 Å². The molecule has 1 N–H and O–H groups in total. The minimum absolute atomic E-state index is 0.0694. The standard InChI is InChI=1S/C19H18ClN3O3/c1-13-3-2-4-14(11-13)19-22-18(26-23-19)9-10-21-17(24)12-25-16-7-5-15(20)6-8-16/h2-8,11H,9-10,12H2,1H3,(H,21,24). The molecule has 0 fully saturated rings. The van der Waals surface area contributed by atoms with Gasteiger partial charge < -0.3 is 14.6 Å². The second kappa shape index (κ2) is 8.49. The van der Waals surface area contributed by atoms with E-state index in [2.05, 4.69) is 15.5 Å². The van der Waals surface area contributed by atoms with Crippen LogP contribution in [0.1, 0.15) is 11.5 Å². The van der Waals surface area contributed by atoms with Crippen molar-refractivity contribution in [3.05, 3.63) is 65.0 Å². The molecule has 0 aliphatic heterocycles. The Morgan fingerprint density at radius 3 is 2.81 bits per heavy atom. The first-order valence-corrected chi connectivity index (χ1v) is 8.52. The van der Waals surface area contributed by atoms with Crippen LogP contribution in [-0.2, 0) is 11.2 Å². The molecule has 0 spiro atoms. The van der Waals surface area contributed by atoms with Crippen LogP contribution in [0.25, 0.3) is 11.4 Å². The summed E-state index contributed by atoms with van der Waals surface area (Å²) in [5, 5.41) is 7.34. The first kappa shape index (κ1) is 17.9. The highest BCUT2D eigenvalue weighted by molar-refractivity contribution is 6.30. The number of rotatable bonds is 7. The zero-order valence-corrected chi connectivity index (χ0v) is 15.0. The van der Waals surface area contributed by atoms with Gasteiger partial charge in [-0.2, -0.15) is 4.98 Å². The van der Waals surface area contributed by atoms with E-state index in [9.17, 15) is 4.79 Å². The summed E-state index contributed by atoms with van der Waals surface area (Å²) >= 11 is 5.79. The SMILES string of the molecule is Cc1cccc(-c2noc(CCNC(=O)COc3ccc(Cl)cc3)n2)c1. The molecule has 3 aromatic rings. The molecule has 0 aliphatic carbocycles. The number of ether oxygens (including phenoxy) is 1. The highest BCUT2D eigenvalue weighted by atomic mass is 35.5. The summed E-state index contributed by atoms with van der Waals surface area (Å²) in [5.74, 6) is 1.38. The number of hydrogen-bond acceptors (Lipinski definition) is 5. The second-order valence-electron chi connectivity index (χ2n) is 5.72. The second-order valence-corrected chi connectivity index (χ2v) is 6.16. The van der Waals surface area contributed by atoms with Crippen molar-refractivity contribution >= 4 is 17.5 Å². The van der Waals surface area contributed by atoms with E-state index in [1.165, 1.54) is 0 Å². The monoisotopic (exact) mass is 371 g/mol. The van der Waals surface area contributed by atoms with Gasteiger partial charge in [0.25, 0.3) is 5.91 Å². The van der Waals surface area contributed by atoms with Crippen molar-refractivity contribution < 1.29 is 14.1 Å². The Morgan fingerprint density at radius 2 is 2.04 bits per heavy atom. The van der Waals surface area contributed by atoms with E-state index in [1.54, 1.807) is 24.3 Å². The summed E-state index contributed by atoms with van der Waals surface area (Å²) in [5.41, 5.74) is 2.03. The van der Waals surface area contributed by atoms with Crippen molar-refractivity contribution in [2.24, 2.45) is 0 Å². The van der Waals surface area contributed by atoms with Crippen molar-refractivity contribution in [1.82, 2.24) is 15.5 Å². The van der Waals surface area contributed by atoms with E-state index in [0.717, 1.165) is 11.1 Å². The van der Waals surface area contributed by atoms with Gasteiger partial charge in [0.15, 0.2) is 6.61 Å². The number of aromatic nitrogens is 2. The van der Waals surface area contributed by atoms with E-state index in [4.69, 9.17) is 20.9 Å². The van der Waals surface area contributed by atoms with Gasteiger partial charge in [-0.05, 0) is 37.3 Å². The molecule has 0 saturated carbocycles. The average Bonchev–Trinajstić information content (AvgIpc) is 3.10. The quantitative estimate of drug-likeness (QED) is 0.688. The molecule has 0 aliphatic rings. The molecule has 7 heteroatoms. The highest BCUT2D eigenvalue weighted by Gasteiger charge is 2.09. The maximum absolute atomic E-state index is 11.8. The average molecular weight is 372 g/mol. The van der Waals surface area contributed by atoms with E-state index in [-0.39, 0.29) is 12.5 Å². The molecule has 0 saturated heterocycles. The van der Waals surface area contributed by atoms with Crippen molar-refractivity contribution in [3.63, 3.8) is 0 Å². The van der Waals surface area contributed by atoms with Gasteiger partial charge >= 0.3 is 0 Å².